The van der Waals surface area contributed by atoms with Gasteiger partial charge in [0.2, 0.25) is 0 Å². The minimum absolute atomic E-state index is 0.125. The molecule has 2 aliphatic heterocycles. The summed E-state index contributed by atoms with van der Waals surface area (Å²) >= 11 is 1.56. The highest BCUT2D eigenvalue weighted by atomic mass is 32.1. The Bertz CT molecular complexity index is 563. The van der Waals surface area contributed by atoms with Crippen LogP contribution in [0.15, 0.2) is 5.38 Å². The molecule has 126 valence electrons. The zero-order valence-corrected chi connectivity index (χ0v) is 14.6. The lowest BCUT2D eigenvalue weighted by Gasteiger charge is -2.32. The molecule has 1 aromatic heterocycles. The molecule has 1 amide bonds. The Morgan fingerprint density at radius 2 is 1.91 bits per heavy atom. The number of carbonyl (C=O) groups excluding carboxylic acids is 1. The zero-order chi connectivity index (χ0) is 15.8. The van der Waals surface area contributed by atoms with Crippen molar-refractivity contribution in [3.8, 4) is 0 Å². The van der Waals surface area contributed by atoms with Crippen LogP contribution in [0.2, 0.25) is 0 Å². The Morgan fingerprint density at radius 1 is 1.17 bits per heavy atom. The minimum Gasteiger partial charge on any atom is -0.359 e. The van der Waals surface area contributed by atoms with E-state index in [-0.39, 0.29) is 5.91 Å². The van der Waals surface area contributed by atoms with Crippen LogP contribution in [0, 0.1) is 11.8 Å². The third-order valence-corrected chi connectivity index (χ3v) is 6.34. The predicted molar refractivity (Wildman–Crippen MR) is 93.0 cm³/mol. The van der Waals surface area contributed by atoms with Crippen molar-refractivity contribution < 1.29 is 4.79 Å². The van der Waals surface area contributed by atoms with Crippen molar-refractivity contribution in [2.75, 3.05) is 38.5 Å². The van der Waals surface area contributed by atoms with Crippen LogP contribution in [0.4, 0.5) is 5.13 Å². The topological polar surface area (TPSA) is 48.5 Å². The Balaban J connectivity index is 1.33. The van der Waals surface area contributed by atoms with Crippen LogP contribution in [0.3, 0.4) is 0 Å². The maximum Gasteiger partial charge on any atom is 0.273 e. The van der Waals surface area contributed by atoms with Gasteiger partial charge in [0.15, 0.2) is 5.13 Å². The number of likely N-dealkylation sites (tertiary alicyclic amines) is 2. The van der Waals surface area contributed by atoms with Crippen molar-refractivity contribution in [2.24, 2.45) is 11.8 Å². The fourth-order valence-corrected chi connectivity index (χ4v) is 4.62. The summed E-state index contributed by atoms with van der Waals surface area (Å²) in [5, 5.41) is 6.20. The number of piperidine rings is 1. The van der Waals surface area contributed by atoms with Gasteiger partial charge in [0.1, 0.15) is 5.69 Å². The van der Waals surface area contributed by atoms with Crippen LogP contribution >= 0.6 is 11.3 Å². The average molecular weight is 334 g/mol. The lowest BCUT2D eigenvalue weighted by molar-refractivity contribution is 0.0771. The first-order valence-electron chi connectivity index (χ1n) is 8.89. The van der Waals surface area contributed by atoms with Gasteiger partial charge in [-0.25, -0.2) is 4.98 Å². The van der Waals surface area contributed by atoms with Crippen molar-refractivity contribution in [2.45, 2.75) is 38.1 Å². The van der Waals surface area contributed by atoms with E-state index in [0.29, 0.717) is 17.7 Å². The number of rotatable bonds is 4. The second-order valence-electron chi connectivity index (χ2n) is 7.40. The van der Waals surface area contributed by atoms with Crippen LogP contribution < -0.4 is 5.32 Å². The number of carbonyl (C=O) groups is 1. The van der Waals surface area contributed by atoms with Gasteiger partial charge < -0.3 is 15.1 Å². The van der Waals surface area contributed by atoms with E-state index in [2.05, 4.69) is 22.2 Å². The Morgan fingerprint density at radius 3 is 2.65 bits per heavy atom. The molecule has 3 heterocycles. The van der Waals surface area contributed by atoms with Crippen molar-refractivity contribution in [1.29, 1.82) is 0 Å². The van der Waals surface area contributed by atoms with Gasteiger partial charge in [0.05, 0.1) is 0 Å². The number of aromatic nitrogens is 1. The third kappa shape index (κ3) is 3.53. The Kier molecular flexibility index (Phi) is 4.28. The summed E-state index contributed by atoms with van der Waals surface area (Å²) in [5.74, 6) is 1.61. The first kappa shape index (κ1) is 15.4. The van der Waals surface area contributed by atoms with E-state index in [9.17, 15) is 4.79 Å². The molecule has 3 fully saturated rings. The summed E-state index contributed by atoms with van der Waals surface area (Å²) < 4.78 is 0. The predicted octanol–water partition coefficient (Wildman–Crippen LogP) is 2.52. The normalized spacial score (nSPS) is 26.7. The van der Waals surface area contributed by atoms with Crippen molar-refractivity contribution in [1.82, 2.24) is 14.8 Å². The molecule has 5 nitrogen and oxygen atoms in total. The summed E-state index contributed by atoms with van der Waals surface area (Å²) in [6.45, 7) is 4.24. The van der Waals surface area contributed by atoms with Gasteiger partial charge in [-0.3, -0.25) is 4.79 Å². The Labute approximate surface area is 142 Å². The molecule has 1 N–H and O–H groups in total. The van der Waals surface area contributed by atoms with E-state index >= 15 is 0 Å². The van der Waals surface area contributed by atoms with Crippen LogP contribution in [0.1, 0.15) is 42.6 Å². The number of hydrogen-bond acceptors (Lipinski definition) is 5. The smallest absolute Gasteiger partial charge is 0.273 e. The summed E-state index contributed by atoms with van der Waals surface area (Å²) in [6, 6.07) is 0.588. The number of nitrogens with one attached hydrogen (secondary N) is 1. The third-order valence-electron chi connectivity index (χ3n) is 5.57. The highest BCUT2D eigenvalue weighted by Gasteiger charge is 2.34. The monoisotopic (exact) mass is 334 g/mol. The van der Waals surface area contributed by atoms with Gasteiger partial charge >= 0.3 is 0 Å². The average Bonchev–Trinajstić information content (AvgIpc) is 3.04. The summed E-state index contributed by atoms with van der Waals surface area (Å²) in [7, 11) is 2.20. The standard InChI is InChI=1S/C17H26N4OS/c1-20-7-4-12(5-8-20)13-6-9-21(10-13)16(22)15-11-23-17(19-15)18-14-2-3-14/h11-14H,2-10H2,1H3,(H,18,19)/t13-/m0/s1. The summed E-state index contributed by atoms with van der Waals surface area (Å²) in [4.78, 5) is 21.6. The molecule has 0 radical (unpaired) electrons. The second kappa shape index (κ2) is 6.40. The van der Waals surface area contributed by atoms with Gasteiger partial charge in [-0.05, 0) is 64.1 Å². The van der Waals surface area contributed by atoms with Crippen LogP contribution in [-0.4, -0.2) is 60.0 Å². The highest BCUT2D eigenvalue weighted by molar-refractivity contribution is 7.13. The minimum atomic E-state index is 0.125. The number of thiazole rings is 1. The van der Waals surface area contributed by atoms with Gasteiger partial charge in [-0.2, -0.15) is 0 Å². The SMILES string of the molecule is CN1CCC([C@H]2CCN(C(=O)c3csc(NC4CC4)n3)C2)CC1. The number of anilines is 1. The van der Waals surface area contributed by atoms with Crippen molar-refractivity contribution in [3.05, 3.63) is 11.1 Å². The molecule has 0 bridgehead atoms. The molecule has 4 rings (SSSR count). The van der Waals surface area contributed by atoms with E-state index in [0.717, 1.165) is 30.6 Å². The van der Waals surface area contributed by atoms with E-state index in [1.165, 1.54) is 38.8 Å². The first-order valence-corrected chi connectivity index (χ1v) is 9.77. The first-order chi connectivity index (χ1) is 11.2. The molecule has 1 atom stereocenters. The van der Waals surface area contributed by atoms with Gasteiger partial charge in [0.25, 0.3) is 5.91 Å². The Hall–Kier alpha value is -1.14. The van der Waals surface area contributed by atoms with E-state index in [1.54, 1.807) is 11.3 Å². The molecule has 0 spiro atoms. The van der Waals surface area contributed by atoms with E-state index in [4.69, 9.17) is 0 Å². The van der Waals surface area contributed by atoms with Crippen LogP contribution in [-0.2, 0) is 0 Å². The highest BCUT2D eigenvalue weighted by Crippen LogP contribution is 2.32. The lowest BCUT2D eigenvalue weighted by Crippen LogP contribution is -2.35. The fraction of sp³-hybridized carbons (Fsp3) is 0.765. The zero-order valence-electron chi connectivity index (χ0n) is 13.8. The summed E-state index contributed by atoms with van der Waals surface area (Å²) in [6.07, 6.45) is 6.20. The van der Waals surface area contributed by atoms with E-state index < -0.39 is 0 Å². The quantitative estimate of drug-likeness (QED) is 0.919. The van der Waals surface area contributed by atoms with Crippen LogP contribution in [0.5, 0.6) is 0 Å². The molecule has 1 aromatic rings. The van der Waals surface area contributed by atoms with E-state index in [1.807, 2.05) is 10.3 Å². The molecule has 0 aromatic carbocycles. The number of nitrogens with zero attached hydrogens (tertiary/aromatic N) is 3. The molecule has 0 unspecified atom stereocenters. The number of amides is 1. The van der Waals surface area contributed by atoms with Crippen LogP contribution in [0.25, 0.3) is 0 Å². The number of hydrogen-bond donors (Lipinski definition) is 1. The molecular weight excluding hydrogens is 308 g/mol. The summed E-state index contributed by atoms with van der Waals surface area (Å²) in [5.41, 5.74) is 0.627. The molecule has 1 aliphatic carbocycles. The van der Waals surface area contributed by atoms with Gasteiger partial charge in [-0.1, -0.05) is 0 Å². The molecule has 6 heteroatoms. The van der Waals surface area contributed by atoms with Crippen molar-refractivity contribution >= 4 is 22.4 Å². The van der Waals surface area contributed by atoms with Gasteiger partial charge in [-0.15, -0.1) is 11.3 Å². The molecule has 23 heavy (non-hydrogen) atoms. The maximum absolute atomic E-state index is 12.7. The second-order valence-corrected chi connectivity index (χ2v) is 8.26. The largest absolute Gasteiger partial charge is 0.359 e. The van der Waals surface area contributed by atoms with Crippen molar-refractivity contribution in [3.63, 3.8) is 0 Å². The molecule has 1 saturated carbocycles. The lowest BCUT2D eigenvalue weighted by atomic mass is 9.84. The molecular formula is C17H26N4OS. The van der Waals surface area contributed by atoms with Gasteiger partial charge in [0, 0.05) is 24.5 Å². The molecule has 3 aliphatic rings. The molecule has 2 saturated heterocycles. The maximum atomic E-state index is 12.7. The fourth-order valence-electron chi connectivity index (χ4n) is 3.86.